The molecule has 0 amide bonds. The lowest BCUT2D eigenvalue weighted by molar-refractivity contribution is -0.0323. The van der Waals surface area contributed by atoms with Gasteiger partial charge in [0.2, 0.25) is 0 Å². The van der Waals surface area contributed by atoms with E-state index in [4.69, 9.17) is 43.3 Å². The highest BCUT2D eigenvalue weighted by Gasteiger charge is 2.27. The van der Waals surface area contributed by atoms with E-state index in [1.807, 2.05) is 62.4 Å². The van der Waals surface area contributed by atoms with E-state index in [9.17, 15) is 0 Å². The quantitative estimate of drug-likeness (QED) is 0.349. The van der Waals surface area contributed by atoms with Gasteiger partial charge in [-0.15, -0.1) is 10.3 Å². The van der Waals surface area contributed by atoms with Crippen molar-refractivity contribution in [3.05, 3.63) is 59.9 Å². The van der Waals surface area contributed by atoms with Crippen LogP contribution in [-0.2, 0) is 23.9 Å². The molecule has 41 heavy (non-hydrogen) atoms. The van der Waals surface area contributed by atoms with Gasteiger partial charge in [-0.05, 0) is 38.1 Å². The minimum atomic E-state index is 0.217. The van der Waals surface area contributed by atoms with Crippen molar-refractivity contribution in [3.63, 3.8) is 0 Å². The van der Waals surface area contributed by atoms with Crippen LogP contribution >= 0.6 is 0 Å². The summed E-state index contributed by atoms with van der Waals surface area (Å²) in [4.78, 5) is 22.6. The topological polar surface area (TPSA) is 96.9 Å². The van der Waals surface area contributed by atoms with Crippen LogP contribution in [0.3, 0.4) is 0 Å². The molecule has 0 saturated carbocycles. The lowest BCUT2D eigenvalue weighted by Crippen LogP contribution is -2.45. The number of aryl methyl sites for hydroxylation is 2. The van der Waals surface area contributed by atoms with Crippen molar-refractivity contribution in [2.24, 2.45) is 0 Å². The maximum absolute atomic E-state index is 6.43. The molecule has 2 aromatic carbocycles. The van der Waals surface area contributed by atoms with E-state index in [0.717, 1.165) is 22.2 Å². The number of aromatic nitrogens is 2. The first kappa shape index (κ1) is 28.8. The molecular formula is C30H36N4O7. The third-order valence-corrected chi connectivity index (χ3v) is 6.45. The Labute approximate surface area is 239 Å². The minimum Gasteiger partial charge on any atom is -0.497 e. The van der Waals surface area contributed by atoms with Crippen LogP contribution < -0.4 is 19.8 Å². The van der Waals surface area contributed by atoms with Gasteiger partial charge >= 0.3 is 0 Å². The van der Waals surface area contributed by atoms with E-state index < -0.39 is 0 Å². The van der Waals surface area contributed by atoms with Crippen molar-refractivity contribution >= 4 is 33.2 Å². The zero-order valence-electron chi connectivity index (χ0n) is 23.9. The Bertz CT molecular complexity index is 1360. The highest BCUT2D eigenvalue weighted by atomic mass is 16.8. The van der Waals surface area contributed by atoms with Crippen molar-refractivity contribution < 1.29 is 33.4 Å². The third kappa shape index (κ3) is 6.95. The second-order valence-electron chi connectivity index (χ2n) is 9.39. The van der Waals surface area contributed by atoms with Gasteiger partial charge in [0.1, 0.15) is 36.1 Å². The van der Waals surface area contributed by atoms with Gasteiger partial charge in [-0.2, -0.15) is 0 Å². The van der Waals surface area contributed by atoms with Crippen LogP contribution in [0.4, 0.5) is 11.4 Å². The normalized spacial score (nSPS) is 16.4. The summed E-state index contributed by atoms with van der Waals surface area (Å²) >= 11 is 0. The molecule has 1 fully saturated rings. The van der Waals surface area contributed by atoms with Crippen LogP contribution in [0, 0.1) is 13.8 Å². The van der Waals surface area contributed by atoms with E-state index in [1.54, 1.807) is 24.6 Å². The molecule has 2 aromatic heterocycles. The largest absolute Gasteiger partial charge is 0.497 e. The molecule has 5 rings (SSSR count). The van der Waals surface area contributed by atoms with E-state index in [0.29, 0.717) is 73.5 Å². The molecule has 11 heteroatoms. The summed E-state index contributed by atoms with van der Waals surface area (Å²) in [5.41, 5.74) is 4.35. The first-order valence-corrected chi connectivity index (χ1v) is 13.6. The van der Waals surface area contributed by atoms with E-state index in [2.05, 4.69) is 0 Å². The SMILES string of the molecule is COc1cc(N2OCCOCCOCCOCCON2c2cc(OC)cc3ccc(C)nc23)c2nc(C)ccc2c1. The summed E-state index contributed by atoms with van der Waals surface area (Å²) in [5, 5.41) is 4.92. The zero-order chi connectivity index (χ0) is 28.6. The van der Waals surface area contributed by atoms with Crippen LogP contribution in [-0.4, -0.2) is 77.0 Å². The maximum atomic E-state index is 6.43. The predicted octanol–water partition coefficient (Wildman–Crippen LogP) is 4.57. The fraction of sp³-hybridized carbons (Fsp3) is 0.400. The van der Waals surface area contributed by atoms with Crippen LogP contribution in [0.25, 0.3) is 21.8 Å². The smallest absolute Gasteiger partial charge is 0.121 e. The summed E-state index contributed by atoms with van der Waals surface area (Å²) < 4.78 is 28.4. The number of rotatable bonds is 4. The molecule has 0 radical (unpaired) electrons. The maximum Gasteiger partial charge on any atom is 0.121 e. The van der Waals surface area contributed by atoms with Gasteiger partial charge in [0.05, 0.1) is 64.9 Å². The number of anilines is 2. The fourth-order valence-electron chi connectivity index (χ4n) is 4.45. The molecule has 0 atom stereocenters. The summed E-state index contributed by atoms with van der Waals surface area (Å²) in [6, 6.07) is 15.5. The molecule has 0 N–H and O–H groups in total. The molecule has 11 nitrogen and oxygen atoms in total. The average molecular weight is 565 g/mol. The molecule has 1 saturated heterocycles. The first-order valence-electron chi connectivity index (χ1n) is 13.6. The van der Waals surface area contributed by atoms with Gasteiger partial charge in [-0.25, -0.2) is 9.68 Å². The van der Waals surface area contributed by atoms with E-state index >= 15 is 0 Å². The number of nitrogens with zero attached hydrogens (tertiary/aromatic N) is 4. The van der Waals surface area contributed by atoms with Crippen LogP contribution in [0.5, 0.6) is 11.5 Å². The Morgan fingerprint density at radius 2 is 0.951 bits per heavy atom. The van der Waals surface area contributed by atoms with Crippen molar-refractivity contribution in [1.29, 1.82) is 0 Å². The summed E-state index contributed by atoms with van der Waals surface area (Å²) in [7, 11) is 3.26. The third-order valence-electron chi connectivity index (χ3n) is 6.45. The number of ether oxygens (including phenoxy) is 5. The lowest BCUT2D eigenvalue weighted by atomic mass is 10.1. The number of hydrogen-bond donors (Lipinski definition) is 0. The summed E-state index contributed by atoms with van der Waals surface area (Å²) in [5.74, 6) is 1.28. The van der Waals surface area contributed by atoms with Gasteiger partial charge < -0.3 is 23.7 Å². The van der Waals surface area contributed by atoms with Crippen molar-refractivity contribution in [3.8, 4) is 11.5 Å². The van der Waals surface area contributed by atoms with Gasteiger partial charge in [0.25, 0.3) is 0 Å². The standard InChI is InChI=1S/C30H36N4O7/c1-21-5-7-23-17-25(35-3)19-27(29(23)31-21)33-34(41-16-14-39-12-10-37-9-11-38-13-15-40-33)28-20-26(36-4)18-24-8-6-22(2)32-30(24)28/h5-8,17-20H,9-16H2,1-4H3. The Morgan fingerprint density at radius 3 is 1.34 bits per heavy atom. The molecule has 0 bridgehead atoms. The molecule has 0 unspecified atom stereocenters. The minimum absolute atomic E-state index is 0.217. The number of hydrogen-bond acceptors (Lipinski definition) is 11. The van der Waals surface area contributed by atoms with Gasteiger partial charge in [0, 0.05) is 34.3 Å². The monoisotopic (exact) mass is 564 g/mol. The van der Waals surface area contributed by atoms with Crippen molar-refractivity contribution in [1.82, 2.24) is 9.97 Å². The van der Waals surface area contributed by atoms with E-state index in [-0.39, 0.29) is 13.2 Å². The van der Waals surface area contributed by atoms with Gasteiger partial charge in [0.15, 0.2) is 0 Å². The highest BCUT2D eigenvalue weighted by molar-refractivity contribution is 5.95. The molecule has 0 aliphatic carbocycles. The zero-order valence-corrected chi connectivity index (χ0v) is 23.9. The molecule has 0 spiro atoms. The molecule has 3 heterocycles. The molecular weight excluding hydrogens is 528 g/mol. The van der Waals surface area contributed by atoms with Crippen LogP contribution in [0.1, 0.15) is 11.4 Å². The van der Waals surface area contributed by atoms with Crippen molar-refractivity contribution in [2.45, 2.75) is 13.8 Å². The number of methoxy groups -OCH3 is 2. The Balaban J connectivity index is 1.69. The van der Waals surface area contributed by atoms with Crippen LogP contribution in [0.2, 0.25) is 0 Å². The first-order chi connectivity index (χ1) is 20.1. The number of benzene rings is 2. The molecule has 1 aliphatic rings. The van der Waals surface area contributed by atoms with E-state index in [1.165, 1.54) is 0 Å². The van der Waals surface area contributed by atoms with Gasteiger partial charge in [-0.3, -0.25) is 9.97 Å². The Morgan fingerprint density at radius 1 is 0.561 bits per heavy atom. The predicted molar refractivity (Wildman–Crippen MR) is 155 cm³/mol. The Hall–Kier alpha value is -3.74. The lowest BCUT2D eigenvalue weighted by Gasteiger charge is -2.36. The summed E-state index contributed by atoms with van der Waals surface area (Å²) in [6.45, 7) is 6.81. The highest BCUT2D eigenvalue weighted by Crippen LogP contribution is 2.37. The average Bonchev–Trinajstić information content (AvgIpc) is 2.99. The molecule has 1 aliphatic heterocycles. The number of hydrazine groups is 1. The van der Waals surface area contributed by atoms with Crippen molar-refractivity contribution in [2.75, 3.05) is 77.4 Å². The second-order valence-corrected chi connectivity index (χ2v) is 9.39. The number of pyridine rings is 2. The fourth-order valence-corrected chi connectivity index (χ4v) is 4.45. The van der Waals surface area contributed by atoms with Gasteiger partial charge in [-0.1, -0.05) is 12.1 Å². The summed E-state index contributed by atoms with van der Waals surface area (Å²) in [6.07, 6.45) is 0. The Kier molecular flexibility index (Phi) is 9.65. The second kappa shape index (κ2) is 13.7. The molecule has 218 valence electrons. The number of fused-ring (bicyclic) bond motifs is 2. The van der Waals surface area contributed by atoms with Crippen LogP contribution in [0.15, 0.2) is 48.5 Å². The molecule has 4 aromatic rings.